The lowest BCUT2D eigenvalue weighted by atomic mass is 10.2. The van der Waals surface area contributed by atoms with Crippen molar-refractivity contribution in [1.29, 1.82) is 0 Å². The highest BCUT2D eigenvalue weighted by atomic mass is 19.3. The van der Waals surface area contributed by atoms with Crippen molar-refractivity contribution >= 4 is 28.4 Å². The molecule has 0 amide bonds. The van der Waals surface area contributed by atoms with Gasteiger partial charge in [-0.1, -0.05) is 18.2 Å². The zero-order valence-electron chi connectivity index (χ0n) is 15.5. The van der Waals surface area contributed by atoms with E-state index in [1.165, 1.54) is 13.3 Å². The number of nitrogens with zero attached hydrogens (tertiary/aromatic N) is 6. The van der Waals surface area contributed by atoms with Crippen molar-refractivity contribution in [1.82, 2.24) is 29.5 Å². The number of fused-ring (bicyclic) bond motifs is 1. The number of methoxy groups -OCH3 is 1. The highest BCUT2D eigenvalue weighted by Gasteiger charge is 2.15. The van der Waals surface area contributed by atoms with Gasteiger partial charge in [-0.05, 0) is 11.6 Å². The summed E-state index contributed by atoms with van der Waals surface area (Å²) in [6.45, 7) is -0.0918. The van der Waals surface area contributed by atoms with E-state index in [-0.39, 0.29) is 11.8 Å². The average molecular weight is 400 g/mol. The molecule has 1 aromatic carbocycles. The summed E-state index contributed by atoms with van der Waals surface area (Å²) >= 11 is 0. The summed E-state index contributed by atoms with van der Waals surface area (Å²) in [5, 5.41) is 12.0. The number of hydrogen-bond acceptors (Lipinski definition) is 7. The Hall–Kier alpha value is -3.76. The van der Waals surface area contributed by atoms with Gasteiger partial charge in [0.25, 0.3) is 12.3 Å². The number of anilines is 3. The van der Waals surface area contributed by atoms with Crippen LogP contribution in [0, 0.1) is 0 Å². The standard InChI is InChI=1S/C18H18F2N8O/c1-29-17-14(9-27(26-17)10-15(19)20)24-18-22-6-12-7-23-28(16(12)25-18)8-11-4-2-3-5-13(11)21/h2-7,9,15H,8,10,21H2,1H3,(H,22,24,25). The fourth-order valence-corrected chi connectivity index (χ4v) is 2.88. The Morgan fingerprint density at radius 2 is 2.07 bits per heavy atom. The quantitative estimate of drug-likeness (QED) is 0.459. The van der Waals surface area contributed by atoms with E-state index in [1.54, 1.807) is 17.1 Å². The van der Waals surface area contributed by atoms with Gasteiger partial charge in [0.1, 0.15) is 12.2 Å². The van der Waals surface area contributed by atoms with Crippen molar-refractivity contribution in [3.63, 3.8) is 0 Å². The van der Waals surface area contributed by atoms with Gasteiger partial charge in [-0.2, -0.15) is 10.1 Å². The average Bonchev–Trinajstić information content (AvgIpc) is 3.26. The van der Waals surface area contributed by atoms with E-state index >= 15 is 0 Å². The lowest BCUT2D eigenvalue weighted by Gasteiger charge is -2.07. The summed E-state index contributed by atoms with van der Waals surface area (Å²) in [5.74, 6) is 0.426. The van der Waals surface area contributed by atoms with Crippen molar-refractivity contribution in [3.8, 4) is 5.88 Å². The molecule has 0 bridgehead atoms. The summed E-state index contributed by atoms with van der Waals surface area (Å²) in [6.07, 6.45) is 2.18. The summed E-state index contributed by atoms with van der Waals surface area (Å²) in [5.41, 5.74) is 8.58. The molecule has 4 rings (SSSR count). The third-order valence-corrected chi connectivity index (χ3v) is 4.24. The van der Waals surface area contributed by atoms with Gasteiger partial charge in [-0.15, -0.1) is 5.10 Å². The highest BCUT2D eigenvalue weighted by Crippen LogP contribution is 2.26. The van der Waals surface area contributed by atoms with Gasteiger partial charge in [0.15, 0.2) is 5.65 Å². The van der Waals surface area contributed by atoms with E-state index < -0.39 is 13.0 Å². The number of rotatable bonds is 7. The maximum atomic E-state index is 12.6. The largest absolute Gasteiger partial charge is 0.478 e. The van der Waals surface area contributed by atoms with E-state index in [1.807, 2.05) is 24.3 Å². The smallest absolute Gasteiger partial charge is 0.257 e. The first-order valence-corrected chi connectivity index (χ1v) is 8.72. The first-order chi connectivity index (χ1) is 14.0. The SMILES string of the molecule is COc1nn(CC(F)F)cc1Nc1ncc2cnn(Cc3ccccc3N)c2n1. The molecule has 4 aromatic rings. The van der Waals surface area contributed by atoms with Crippen LogP contribution in [-0.2, 0) is 13.1 Å². The Balaban J connectivity index is 1.62. The number of nitrogens with one attached hydrogen (secondary N) is 1. The summed E-state index contributed by atoms with van der Waals surface area (Å²) in [6, 6.07) is 7.52. The number of ether oxygens (including phenoxy) is 1. The Labute approximate surface area is 164 Å². The van der Waals surface area contributed by atoms with E-state index in [0.717, 1.165) is 15.6 Å². The van der Waals surface area contributed by atoms with Gasteiger partial charge in [-0.3, -0.25) is 4.68 Å². The Morgan fingerprint density at radius 1 is 1.24 bits per heavy atom. The monoisotopic (exact) mass is 400 g/mol. The molecular weight excluding hydrogens is 382 g/mol. The lowest BCUT2D eigenvalue weighted by molar-refractivity contribution is 0.121. The minimum absolute atomic E-state index is 0.167. The van der Waals surface area contributed by atoms with Crippen LogP contribution in [-0.4, -0.2) is 43.1 Å². The number of nitrogen functional groups attached to an aromatic ring is 1. The third kappa shape index (κ3) is 3.93. The fourth-order valence-electron chi connectivity index (χ4n) is 2.88. The molecule has 0 unspecified atom stereocenters. The van der Waals surface area contributed by atoms with Crippen LogP contribution in [0.3, 0.4) is 0 Å². The number of hydrogen-bond donors (Lipinski definition) is 2. The van der Waals surface area contributed by atoms with Crippen LogP contribution < -0.4 is 15.8 Å². The molecule has 3 N–H and O–H groups in total. The third-order valence-electron chi connectivity index (χ3n) is 4.24. The molecule has 9 nitrogen and oxygen atoms in total. The van der Waals surface area contributed by atoms with Crippen LogP contribution in [0.25, 0.3) is 11.0 Å². The number of halogens is 2. The molecular formula is C18H18F2N8O. The van der Waals surface area contributed by atoms with Crippen molar-refractivity contribution in [2.24, 2.45) is 0 Å². The zero-order chi connectivity index (χ0) is 20.4. The second kappa shape index (κ2) is 7.70. The molecule has 3 heterocycles. The second-order valence-electron chi connectivity index (χ2n) is 6.26. The molecule has 0 atom stereocenters. The number of nitrogens with two attached hydrogens (primary N) is 1. The van der Waals surface area contributed by atoms with Crippen LogP contribution in [0.4, 0.5) is 26.1 Å². The van der Waals surface area contributed by atoms with Crippen molar-refractivity contribution in [2.75, 3.05) is 18.2 Å². The maximum Gasteiger partial charge on any atom is 0.257 e. The molecule has 0 saturated heterocycles. The molecule has 29 heavy (non-hydrogen) atoms. The van der Waals surface area contributed by atoms with Gasteiger partial charge >= 0.3 is 0 Å². The van der Waals surface area contributed by atoms with Crippen LogP contribution in [0.1, 0.15) is 5.56 Å². The van der Waals surface area contributed by atoms with Crippen LogP contribution in [0.2, 0.25) is 0 Å². The van der Waals surface area contributed by atoms with E-state index in [0.29, 0.717) is 23.6 Å². The molecule has 0 saturated carbocycles. The van der Waals surface area contributed by atoms with Gasteiger partial charge in [0.2, 0.25) is 5.95 Å². The molecule has 11 heteroatoms. The summed E-state index contributed by atoms with van der Waals surface area (Å²) < 4.78 is 33.2. The summed E-state index contributed by atoms with van der Waals surface area (Å²) in [7, 11) is 1.41. The Bertz CT molecular complexity index is 1140. The van der Waals surface area contributed by atoms with Crippen molar-refractivity contribution < 1.29 is 13.5 Å². The predicted molar refractivity (Wildman–Crippen MR) is 103 cm³/mol. The van der Waals surface area contributed by atoms with Gasteiger partial charge in [-0.25, -0.2) is 18.4 Å². The molecule has 0 aliphatic rings. The van der Waals surface area contributed by atoms with Crippen LogP contribution >= 0.6 is 0 Å². The first-order valence-electron chi connectivity index (χ1n) is 8.72. The number of aromatic nitrogens is 6. The lowest BCUT2D eigenvalue weighted by Crippen LogP contribution is -2.07. The summed E-state index contributed by atoms with van der Waals surface area (Å²) in [4.78, 5) is 8.74. The second-order valence-corrected chi connectivity index (χ2v) is 6.26. The molecule has 150 valence electrons. The molecule has 0 aliphatic heterocycles. The minimum atomic E-state index is -2.53. The Morgan fingerprint density at radius 3 is 2.83 bits per heavy atom. The highest BCUT2D eigenvalue weighted by molar-refractivity contribution is 5.75. The molecule has 0 fully saturated rings. The number of para-hydroxylation sites is 1. The van der Waals surface area contributed by atoms with Gasteiger partial charge < -0.3 is 15.8 Å². The van der Waals surface area contributed by atoms with Gasteiger partial charge in [0.05, 0.1) is 31.4 Å². The van der Waals surface area contributed by atoms with Crippen molar-refractivity contribution in [3.05, 3.63) is 48.4 Å². The van der Waals surface area contributed by atoms with E-state index in [2.05, 4.69) is 25.5 Å². The number of alkyl halides is 2. The zero-order valence-corrected chi connectivity index (χ0v) is 15.5. The number of benzene rings is 1. The van der Waals surface area contributed by atoms with Crippen LogP contribution in [0.15, 0.2) is 42.9 Å². The predicted octanol–water partition coefficient (Wildman–Crippen LogP) is 2.67. The van der Waals surface area contributed by atoms with Crippen LogP contribution in [0.5, 0.6) is 5.88 Å². The topological polar surface area (TPSA) is 109 Å². The maximum absolute atomic E-state index is 12.6. The fraction of sp³-hybridized carbons (Fsp3) is 0.222. The molecule has 0 aliphatic carbocycles. The molecule has 3 aromatic heterocycles. The molecule has 0 spiro atoms. The minimum Gasteiger partial charge on any atom is -0.478 e. The molecule has 0 radical (unpaired) electrons. The van der Waals surface area contributed by atoms with E-state index in [4.69, 9.17) is 10.5 Å². The van der Waals surface area contributed by atoms with Crippen molar-refractivity contribution in [2.45, 2.75) is 19.5 Å². The first kappa shape index (κ1) is 18.6. The van der Waals surface area contributed by atoms with Gasteiger partial charge in [0, 0.05) is 11.9 Å². The normalized spacial score (nSPS) is 11.3. The van der Waals surface area contributed by atoms with E-state index in [9.17, 15) is 8.78 Å². The Kier molecular flexibility index (Phi) is 4.94.